The van der Waals surface area contributed by atoms with Gasteiger partial charge in [-0.2, -0.15) is 0 Å². The zero-order chi connectivity index (χ0) is 21.3. The fourth-order valence-electron chi connectivity index (χ4n) is 3.08. The zero-order valence-electron chi connectivity index (χ0n) is 16.4. The van der Waals surface area contributed by atoms with Gasteiger partial charge in [0.05, 0.1) is 0 Å². The average Bonchev–Trinajstić information content (AvgIpc) is 2.79. The SMILES string of the molecule is C=CCN(C(=O)c1ccccn1)[C@@H](C(=O)NCc1ccccc1)c1ccc(Cl)cc1. The third-order valence-electron chi connectivity index (χ3n) is 4.53. The van der Waals surface area contributed by atoms with Crippen molar-refractivity contribution in [1.29, 1.82) is 0 Å². The number of nitrogens with zero attached hydrogens (tertiary/aromatic N) is 2. The first-order chi connectivity index (χ1) is 14.6. The van der Waals surface area contributed by atoms with Gasteiger partial charge in [0.2, 0.25) is 5.91 Å². The summed E-state index contributed by atoms with van der Waals surface area (Å²) in [6, 6.07) is 20.7. The van der Waals surface area contributed by atoms with Gasteiger partial charge in [0.15, 0.2) is 0 Å². The van der Waals surface area contributed by atoms with Gasteiger partial charge in [-0.3, -0.25) is 14.6 Å². The van der Waals surface area contributed by atoms with Gasteiger partial charge in [-0.05, 0) is 35.4 Å². The van der Waals surface area contributed by atoms with E-state index >= 15 is 0 Å². The molecule has 0 fully saturated rings. The molecule has 1 heterocycles. The molecule has 6 heteroatoms. The summed E-state index contributed by atoms with van der Waals surface area (Å²) in [6.45, 7) is 4.29. The molecule has 3 rings (SSSR count). The van der Waals surface area contributed by atoms with Crippen LogP contribution in [0.4, 0.5) is 0 Å². The zero-order valence-corrected chi connectivity index (χ0v) is 17.1. The summed E-state index contributed by atoms with van der Waals surface area (Å²) < 4.78 is 0. The van der Waals surface area contributed by atoms with E-state index in [4.69, 9.17) is 11.6 Å². The summed E-state index contributed by atoms with van der Waals surface area (Å²) in [5, 5.41) is 3.49. The highest BCUT2D eigenvalue weighted by Crippen LogP contribution is 2.25. The Hall–Kier alpha value is -3.44. The minimum absolute atomic E-state index is 0.182. The third-order valence-corrected chi connectivity index (χ3v) is 4.78. The van der Waals surface area contributed by atoms with E-state index in [1.54, 1.807) is 54.7 Å². The van der Waals surface area contributed by atoms with Crippen molar-refractivity contribution < 1.29 is 9.59 Å². The maximum atomic E-state index is 13.3. The van der Waals surface area contributed by atoms with E-state index in [-0.39, 0.29) is 24.1 Å². The second-order valence-electron chi connectivity index (χ2n) is 6.62. The number of amides is 2. The number of carbonyl (C=O) groups is 2. The molecule has 3 aromatic rings. The van der Waals surface area contributed by atoms with Gasteiger partial charge in [0.1, 0.15) is 11.7 Å². The summed E-state index contributed by atoms with van der Waals surface area (Å²) in [4.78, 5) is 32.1. The van der Waals surface area contributed by atoms with Gasteiger partial charge < -0.3 is 10.2 Å². The maximum Gasteiger partial charge on any atom is 0.273 e. The first-order valence-electron chi connectivity index (χ1n) is 9.50. The van der Waals surface area contributed by atoms with Crippen LogP contribution in [0.2, 0.25) is 5.02 Å². The minimum atomic E-state index is -0.863. The van der Waals surface area contributed by atoms with Gasteiger partial charge in [0.25, 0.3) is 5.91 Å². The number of hydrogen-bond donors (Lipinski definition) is 1. The van der Waals surface area contributed by atoms with Gasteiger partial charge >= 0.3 is 0 Å². The van der Waals surface area contributed by atoms with E-state index in [1.165, 1.54) is 4.90 Å². The van der Waals surface area contributed by atoms with Gasteiger partial charge in [0, 0.05) is 24.3 Å². The van der Waals surface area contributed by atoms with Crippen LogP contribution in [0.15, 0.2) is 91.6 Å². The Bertz CT molecular complexity index is 992. The number of hydrogen-bond acceptors (Lipinski definition) is 3. The van der Waals surface area contributed by atoms with Crippen LogP contribution in [0.1, 0.15) is 27.7 Å². The molecular weight excluding hydrogens is 398 g/mol. The lowest BCUT2D eigenvalue weighted by molar-refractivity contribution is -0.126. The van der Waals surface area contributed by atoms with Crippen molar-refractivity contribution in [3.05, 3.63) is 113 Å². The highest BCUT2D eigenvalue weighted by atomic mass is 35.5. The number of benzene rings is 2. The standard InChI is InChI=1S/C24H22ClN3O2/c1-2-16-28(24(30)21-10-6-7-15-26-21)22(19-11-13-20(25)14-12-19)23(29)27-17-18-8-4-3-5-9-18/h2-15,22H,1,16-17H2,(H,27,29)/t22-/m1/s1. The largest absolute Gasteiger partial charge is 0.350 e. The number of pyridine rings is 1. The van der Waals surface area contributed by atoms with E-state index in [1.807, 2.05) is 30.3 Å². The summed E-state index contributed by atoms with van der Waals surface area (Å²) in [5.74, 6) is -0.655. The molecule has 2 amide bonds. The highest BCUT2D eigenvalue weighted by molar-refractivity contribution is 6.30. The van der Waals surface area contributed by atoms with Crippen LogP contribution in [-0.4, -0.2) is 28.2 Å². The molecule has 0 aliphatic heterocycles. The smallest absolute Gasteiger partial charge is 0.273 e. The Labute approximate surface area is 181 Å². The van der Waals surface area contributed by atoms with E-state index in [0.717, 1.165) is 5.56 Å². The van der Waals surface area contributed by atoms with Crippen LogP contribution in [-0.2, 0) is 11.3 Å². The molecule has 0 bridgehead atoms. The molecule has 0 unspecified atom stereocenters. The molecule has 2 aromatic carbocycles. The fourth-order valence-corrected chi connectivity index (χ4v) is 3.21. The summed E-state index contributed by atoms with van der Waals surface area (Å²) in [7, 11) is 0. The molecular formula is C24H22ClN3O2. The van der Waals surface area contributed by atoms with Crippen molar-refractivity contribution in [2.24, 2.45) is 0 Å². The Morgan fingerprint density at radius 2 is 1.73 bits per heavy atom. The van der Waals surface area contributed by atoms with E-state index in [2.05, 4.69) is 16.9 Å². The van der Waals surface area contributed by atoms with Crippen molar-refractivity contribution in [3.63, 3.8) is 0 Å². The average molecular weight is 420 g/mol. The Balaban J connectivity index is 1.93. The number of carbonyl (C=O) groups excluding carboxylic acids is 2. The van der Waals surface area contributed by atoms with Gasteiger partial charge in [-0.1, -0.05) is 66.2 Å². The Kier molecular flexibility index (Phi) is 7.35. The third kappa shape index (κ3) is 5.33. The maximum absolute atomic E-state index is 13.3. The molecule has 0 aliphatic rings. The molecule has 1 N–H and O–H groups in total. The summed E-state index contributed by atoms with van der Waals surface area (Å²) in [6.07, 6.45) is 3.14. The molecule has 0 spiro atoms. The van der Waals surface area contributed by atoms with E-state index < -0.39 is 6.04 Å². The van der Waals surface area contributed by atoms with Crippen molar-refractivity contribution in [3.8, 4) is 0 Å². The number of nitrogens with one attached hydrogen (secondary N) is 1. The number of aromatic nitrogens is 1. The van der Waals surface area contributed by atoms with Crippen molar-refractivity contribution >= 4 is 23.4 Å². The molecule has 0 radical (unpaired) electrons. The topological polar surface area (TPSA) is 62.3 Å². The first kappa shape index (κ1) is 21.3. The summed E-state index contributed by atoms with van der Waals surface area (Å²) in [5.41, 5.74) is 1.87. The number of halogens is 1. The molecule has 5 nitrogen and oxygen atoms in total. The van der Waals surface area contributed by atoms with Crippen molar-refractivity contribution in [2.75, 3.05) is 6.54 Å². The predicted octanol–water partition coefficient (Wildman–Crippen LogP) is 4.42. The van der Waals surface area contributed by atoms with Crippen molar-refractivity contribution in [1.82, 2.24) is 15.2 Å². The Morgan fingerprint density at radius 3 is 2.37 bits per heavy atom. The van der Waals surface area contributed by atoms with Crippen molar-refractivity contribution in [2.45, 2.75) is 12.6 Å². The lowest BCUT2D eigenvalue weighted by Crippen LogP contribution is -2.44. The van der Waals surface area contributed by atoms with Crippen LogP contribution in [0.5, 0.6) is 0 Å². The molecule has 30 heavy (non-hydrogen) atoms. The quantitative estimate of drug-likeness (QED) is 0.550. The second kappa shape index (κ2) is 10.4. The molecule has 0 saturated heterocycles. The summed E-state index contributed by atoms with van der Waals surface area (Å²) >= 11 is 6.03. The molecule has 1 atom stereocenters. The molecule has 152 valence electrons. The normalized spacial score (nSPS) is 11.4. The van der Waals surface area contributed by atoms with Crippen LogP contribution in [0.25, 0.3) is 0 Å². The number of rotatable bonds is 8. The fraction of sp³-hybridized carbons (Fsp3) is 0.125. The second-order valence-corrected chi connectivity index (χ2v) is 7.06. The monoisotopic (exact) mass is 419 g/mol. The molecule has 0 aliphatic carbocycles. The van der Waals surface area contributed by atoms with E-state index in [0.29, 0.717) is 17.1 Å². The highest BCUT2D eigenvalue weighted by Gasteiger charge is 2.31. The van der Waals surface area contributed by atoms with Crippen LogP contribution < -0.4 is 5.32 Å². The Morgan fingerprint density at radius 1 is 1.03 bits per heavy atom. The van der Waals surface area contributed by atoms with Crippen LogP contribution in [0, 0.1) is 0 Å². The van der Waals surface area contributed by atoms with Gasteiger partial charge in [-0.25, -0.2) is 0 Å². The van der Waals surface area contributed by atoms with Crippen LogP contribution in [0.3, 0.4) is 0 Å². The first-order valence-corrected chi connectivity index (χ1v) is 9.88. The van der Waals surface area contributed by atoms with E-state index in [9.17, 15) is 9.59 Å². The van der Waals surface area contributed by atoms with Gasteiger partial charge in [-0.15, -0.1) is 6.58 Å². The minimum Gasteiger partial charge on any atom is -0.350 e. The lowest BCUT2D eigenvalue weighted by Gasteiger charge is -2.30. The van der Waals surface area contributed by atoms with Crippen LogP contribution >= 0.6 is 11.6 Å². The molecule has 1 aromatic heterocycles. The molecule has 0 saturated carbocycles. The lowest BCUT2D eigenvalue weighted by atomic mass is 10.0. The predicted molar refractivity (Wildman–Crippen MR) is 118 cm³/mol.